The average molecular weight is 661 g/mol. The van der Waals surface area contributed by atoms with Crippen molar-refractivity contribution in [3.8, 4) is 45.1 Å². The fraction of sp³-hybridized carbons (Fsp3) is 0. The summed E-state index contributed by atoms with van der Waals surface area (Å²) in [6, 6.07) is 59.4. The lowest BCUT2D eigenvalue weighted by molar-refractivity contribution is 1.09. The predicted molar refractivity (Wildman–Crippen MR) is 216 cm³/mol. The van der Waals surface area contributed by atoms with Crippen molar-refractivity contribution < 1.29 is 0 Å². The van der Waals surface area contributed by atoms with Crippen LogP contribution >= 0.6 is 0 Å². The number of benzene rings is 7. The number of hydrogen-bond acceptors (Lipinski definition) is 2. The van der Waals surface area contributed by atoms with Crippen molar-refractivity contribution in [2.24, 2.45) is 0 Å². The minimum atomic E-state index is 0.902. The summed E-state index contributed by atoms with van der Waals surface area (Å²) in [7, 11) is 0. The Labute approximate surface area is 298 Å². The molecular formula is C48H28N4. The van der Waals surface area contributed by atoms with Gasteiger partial charge in [0.1, 0.15) is 11.5 Å². The molecule has 7 aromatic carbocycles. The van der Waals surface area contributed by atoms with Crippen LogP contribution in [-0.4, -0.2) is 19.1 Å². The Balaban J connectivity index is 1.08. The lowest BCUT2D eigenvalue weighted by Gasteiger charge is -2.11. The molecule has 0 bridgehead atoms. The Morgan fingerprint density at radius 2 is 1.10 bits per heavy atom. The third kappa shape index (κ3) is 3.70. The van der Waals surface area contributed by atoms with Crippen LogP contribution in [0.5, 0.6) is 0 Å². The Bertz CT molecular complexity index is 3290. The van der Waals surface area contributed by atoms with Crippen molar-refractivity contribution in [3.05, 3.63) is 170 Å². The van der Waals surface area contributed by atoms with Gasteiger partial charge in [-0.3, -0.25) is 9.55 Å². The van der Waals surface area contributed by atoms with E-state index in [1.54, 1.807) is 0 Å². The minimum absolute atomic E-state index is 0.902. The second kappa shape index (κ2) is 10.3. The summed E-state index contributed by atoms with van der Waals surface area (Å²) < 4.78 is 4.74. The van der Waals surface area contributed by atoms with Gasteiger partial charge in [0.05, 0.1) is 27.8 Å². The topological polar surface area (TPSA) is 35.6 Å². The van der Waals surface area contributed by atoms with Gasteiger partial charge in [-0.25, -0.2) is 4.98 Å². The van der Waals surface area contributed by atoms with E-state index in [4.69, 9.17) is 9.97 Å². The van der Waals surface area contributed by atoms with Crippen molar-refractivity contribution in [2.75, 3.05) is 0 Å². The maximum absolute atomic E-state index is 5.35. The van der Waals surface area contributed by atoms with Crippen molar-refractivity contribution in [1.29, 1.82) is 0 Å². The SMILES string of the molecule is c1ccc(-n2c3ccc(-c4ccc5c(c4)c4ccccc4n5-c4cc5cccc6c5c(n4)-c4ncccc4-6)cc3c3ccc4ccccc4c32)cc1. The largest absolute Gasteiger partial charge is 0.309 e. The van der Waals surface area contributed by atoms with Gasteiger partial charge in [0.15, 0.2) is 0 Å². The van der Waals surface area contributed by atoms with Crippen molar-refractivity contribution in [1.82, 2.24) is 19.1 Å². The molecule has 12 rings (SSSR count). The van der Waals surface area contributed by atoms with Gasteiger partial charge in [0, 0.05) is 49.8 Å². The zero-order chi connectivity index (χ0) is 33.9. The van der Waals surface area contributed by atoms with Crippen LogP contribution in [0.2, 0.25) is 0 Å². The molecule has 0 saturated carbocycles. The molecule has 0 N–H and O–H groups in total. The first-order chi connectivity index (χ1) is 25.8. The van der Waals surface area contributed by atoms with E-state index in [2.05, 4.69) is 167 Å². The normalized spacial score (nSPS) is 12.2. The zero-order valence-corrected chi connectivity index (χ0v) is 28.0. The summed E-state index contributed by atoms with van der Waals surface area (Å²) >= 11 is 0. The highest BCUT2D eigenvalue weighted by atomic mass is 15.1. The van der Waals surface area contributed by atoms with E-state index >= 15 is 0 Å². The third-order valence-corrected chi connectivity index (χ3v) is 11.1. The molecule has 240 valence electrons. The molecule has 0 unspecified atom stereocenters. The lowest BCUT2D eigenvalue weighted by atomic mass is 10.00. The second-order valence-electron chi connectivity index (χ2n) is 13.8. The van der Waals surface area contributed by atoms with Crippen LogP contribution in [0.15, 0.2) is 170 Å². The van der Waals surface area contributed by atoms with Crippen LogP contribution < -0.4 is 0 Å². The number of nitrogens with zero attached hydrogens (tertiary/aromatic N) is 4. The zero-order valence-electron chi connectivity index (χ0n) is 28.0. The van der Waals surface area contributed by atoms with Crippen LogP contribution in [0.3, 0.4) is 0 Å². The first-order valence-electron chi connectivity index (χ1n) is 17.7. The van der Waals surface area contributed by atoms with Gasteiger partial charge in [-0.2, -0.15) is 0 Å². The van der Waals surface area contributed by atoms with E-state index in [0.29, 0.717) is 0 Å². The van der Waals surface area contributed by atoms with E-state index in [0.717, 1.165) is 39.5 Å². The molecule has 0 fully saturated rings. The smallest absolute Gasteiger partial charge is 0.139 e. The van der Waals surface area contributed by atoms with Crippen molar-refractivity contribution in [2.45, 2.75) is 0 Å². The molecule has 0 aliphatic heterocycles. The van der Waals surface area contributed by atoms with Crippen LogP contribution in [-0.2, 0) is 0 Å². The Hall–Kier alpha value is -7.04. The molecular weight excluding hydrogens is 633 g/mol. The van der Waals surface area contributed by atoms with E-state index < -0.39 is 0 Å². The first-order valence-corrected chi connectivity index (χ1v) is 17.7. The summed E-state index contributed by atoms with van der Waals surface area (Å²) in [5.41, 5.74) is 12.5. The van der Waals surface area contributed by atoms with Gasteiger partial charge < -0.3 is 4.57 Å². The Kier molecular flexibility index (Phi) is 5.47. The molecule has 4 aromatic heterocycles. The molecule has 4 heterocycles. The molecule has 0 saturated heterocycles. The number of para-hydroxylation sites is 2. The predicted octanol–water partition coefficient (Wildman–Crippen LogP) is 12.3. The number of pyridine rings is 2. The highest BCUT2D eigenvalue weighted by molar-refractivity contribution is 6.20. The first kappa shape index (κ1) is 27.7. The molecule has 4 nitrogen and oxygen atoms in total. The van der Waals surface area contributed by atoms with Gasteiger partial charge in [-0.15, -0.1) is 0 Å². The van der Waals surface area contributed by atoms with Gasteiger partial charge in [0.2, 0.25) is 0 Å². The fourth-order valence-corrected chi connectivity index (χ4v) is 8.82. The quantitative estimate of drug-likeness (QED) is 0.189. The molecule has 0 radical (unpaired) electrons. The molecule has 0 spiro atoms. The average Bonchev–Trinajstić information content (AvgIpc) is 3.84. The van der Waals surface area contributed by atoms with Crippen molar-refractivity contribution >= 4 is 65.2 Å². The number of fused-ring (bicyclic) bond motifs is 11. The van der Waals surface area contributed by atoms with Crippen LogP contribution in [0, 0.1) is 0 Å². The number of hydrogen-bond donors (Lipinski definition) is 0. The van der Waals surface area contributed by atoms with Gasteiger partial charge in [-0.05, 0) is 82.1 Å². The van der Waals surface area contributed by atoms with Crippen LogP contribution in [0.25, 0.3) is 110 Å². The highest BCUT2D eigenvalue weighted by Crippen LogP contribution is 2.46. The van der Waals surface area contributed by atoms with Gasteiger partial charge >= 0.3 is 0 Å². The minimum Gasteiger partial charge on any atom is -0.309 e. The Morgan fingerprint density at radius 3 is 1.96 bits per heavy atom. The molecule has 1 aliphatic rings. The highest BCUT2D eigenvalue weighted by Gasteiger charge is 2.25. The maximum atomic E-state index is 5.35. The maximum Gasteiger partial charge on any atom is 0.139 e. The molecule has 52 heavy (non-hydrogen) atoms. The Morgan fingerprint density at radius 1 is 0.404 bits per heavy atom. The molecule has 11 aromatic rings. The van der Waals surface area contributed by atoms with Gasteiger partial charge in [0.25, 0.3) is 0 Å². The summed E-state index contributed by atoms with van der Waals surface area (Å²) in [5, 5.41) is 9.77. The summed E-state index contributed by atoms with van der Waals surface area (Å²) in [6.45, 7) is 0. The van der Waals surface area contributed by atoms with Crippen molar-refractivity contribution in [3.63, 3.8) is 0 Å². The number of rotatable bonds is 3. The standard InChI is InChI=1S/C48H28N4/c1-2-12-33(13-3-1)51-42-23-20-31(27-40(42)38-22-19-29-10-4-5-14-34(29)48(38)51)30-21-24-43-39(26-30)35-15-6-7-18-41(35)52(43)44-28-32-11-8-16-36-37-17-9-25-49-46(37)47(50-44)45(32)36/h1-28H. The van der Waals surface area contributed by atoms with E-state index in [1.165, 1.54) is 70.8 Å². The summed E-state index contributed by atoms with van der Waals surface area (Å²) in [6.07, 6.45) is 1.87. The molecule has 4 heteroatoms. The van der Waals surface area contributed by atoms with E-state index in [9.17, 15) is 0 Å². The lowest BCUT2D eigenvalue weighted by Crippen LogP contribution is -1.99. The van der Waals surface area contributed by atoms with Crippen LogP contribution in [0.1, 0.15) is 0 Å². The monoisotopic (exact) mass is 660 g/mol. The molecule has 0 atom stereocenters. The fourth-order valence-electron chi connectivity index (χ4n) is 8.82. The number of aromatic nitrogens is 4. The third-order valence-electron chi connectivity index (χ3n) is 11.1. The molecule has 0 amide bonds. The summed E-state index contributed by atoms with van der Waals surface area (Å²) in [4.78, 5) is 10.1. The molecule has 1 aliphatic carbocycles. The summed E-state index contributed by atoms with van der Waals surface area (Å²) in [5.74, 6) is 0.902. The van der Waals surface area contributed by atoms with E-state index in [-0.39, 0.29) is 0 Å². The van der Waals surface area contributed by atoms with Gasteiger partial charge in [-0.1, -0.05) is 109 Å². The van der Waals surface area contributed by atoms with Crippen LogP contribution in [0.4, 0.5) is 0 Å². The van der Waals surface area contributed by atoms with E-state index in [1.807, 2.05) is 12.3 Å². The second-order valence-corrected chi connectivity index (χ2v) is 13.8.